The van der Waals surface area contributed by atoms with Crippen LogP contribution in [0.2, 0.25) is 0 Å². The smallest absolute Gasteiger partial charge is 0.410 e. The molecule has 0 aliphatic carbocycles. The number of ether oxygens (including phenoxy) is 1. The molecule has 2 aliphatic rings. The second kappa shape index (κ2) is 6.72. The number of β-amino-alcohol motifs (C(OH)–C–C–N with tert-alkyl or cyclic N) is 1. The van der Waals surface area contributed by atoms with Crippen molar-refractivity contribution in [3.8, 4) is 0 Å². The third-order valence-corrected chi connectivity index (χ3v) is 4.67. The number of aliphatic hydroxyl groups is 1. The van der Waals surface area contributed by atoms with Crippen LogP contribution in [0.5, 0.6) is 0 Å². The zero-order valence-electron chi connectivity index (χ0n) is 15.3. The average molecular weight is 360 g/mol. The minimum Gasteiger partial charge on any atom is -0.444 e. The zero-order chi connectivity index (χ0) is 19.1. The predicted octanol–water partition coefficient (Wildman–Crippen LogP) is 1.90. The molecular formula is C19H24N2O5. The van der Waals surface area contributed by atoms with Crippen LogP contribution < -0.4 is 0 Å². The molecule has 0 aromatic heterocycles. The summed E-state index contributed by atoms with van der Waals surface area (Å²) < 4.78 is 5.33. The van der Waals surface area contributed by atoms with Crippen LogP contribution in [0.25, 0.3) is 0 Å². The average Bonchev–Trinajstić information content (AvgIpc) is 2.80. The molecule has 0 unspecified atom stereocenters. The van der Waals surface area contributed by atoms with E-state index < -0.39 is 17.8 Å². The normalized spacial score (nSPS) is 23.2. The lowest BCUT2D eigenvalue weighted by atomic mass is 9.93. The Hall–Kier alpha value is -2.41. The fourth-order valence-electron chi connectivity index (χ4n) is 3.32. The third-order valence-electron chi connectivity index (χ3n) is 4.67. The van der Waals surface area contributed by atoms with Gasteiger partial charge >= 0.3 is 6.09 Å². The molecule has 0 radical (unpaired) electrons. The Morgan fingerprint density at radius 2 is 1.77 bits per heavy atom. The van der Waals surface area contributed by atoms with Gasteiger partial charge in [-0.15, -0.1) is 0 Å². The van der Waals surface area contributed by atoms with Gasteiger partial charge in [-0.3, -0.25) is 14.5 Å². The van der Waals surface area contributed by atoms with Crippen molar-refractivity contribution in [1.29, 1.82) is 0 Å². The summed E-state index contributed by atoms with van der Waals surface area (Å²) in [5.74, 6) is -0.921. The monoisotopic (exact) mass is 360 g/mol. The highest BCUT2D eigenvalue weighted by Gasteiger charge is 2.40. The van der Waals surface area contributed by atoms with Crippen LogP contribution in [0.4, 0.5) is 4.79 Å². The highest BCUT2D eigenvalue weighted by Crippen LogP contribution is 2.27. The Kier molecular flexibility index (Phi) is 4.75. The Morgan fingerprint density at radius 3 is 2.27 bits per heavy atom. The van der Waals surface area contributed by atoms with Gasteiger partial charge < -0.3 is 14.7 Å². The molecule has 1 N–H and O–H groups in total. The fraction of sp³-hybridized carbons (Fsp3) is 0.526. The molecule has 0 saturated carbocycles. The number of fused-ring (bicyclic) bond motifs is 1. The largest absolute Gasteiger partial charge is 0.444 e. The van der Waals surface area contributed by atoms with Crippen molar-refractivity contribution in [2.45, 2.75) is 38.9 Å². The van der Waals surface area contributed by atoms with Crippen LogP contribution in [0.15, 0.2) is 24.3 Å². The molecule has 2 heterocycles. The predicted molar refractivity (Wildman–Crippen MR) is 93.7 cm³/mol. The fourth-order valence-corrected chi connectivity index (χ4v) is 3.32. The molecule has 0 bridgehead atoms. The molecule has 2 atom stereocenters. The van der Waals surface area contributed by atoms with Gasteiger partial charge in [-0.05, 0) is 39.3 Å². The second-order valence-electron chi connectivity index (χ2n) is 7.81. The highest BCUT2D eigenvalue weighted by molar-refractivity contribution is 6.21. The van der Waals surface area contributed by atoms with E-state index >= 15 is 0 Å². The van der Waals surface area contributed by atoms with Crippen LogP contribution in [0, 0.1) is 5.92 Å². The van der Waals surface area contributed by atoms with E-state index in [0.29, 0.717) is 24.1 Å². The van der Waals surface area contributed by atoms with Crippen molar-refractivity contribution in [3.63, 3.8) is 0 Å². The van der Waals surface area contributed by atoms with Crippen LogP contribution in [0.1, 0.15) is 47.9 Å². The van der Waals surface area contributed by atoms with E-state index in [4.69, 9.17) is 4.74 Å². The minimum atomic E-state index is -0.819. The number of imide groups is 1. The number of benzene rings is 1. The van der Waals surface area contributed by atoms with E-state index in [1.807, 2.05) is 0 Å². The molecule has 1 aromatic rings. The number of hydrogen-bond donors (Lipinski definition) is 1. The van der Waals surface area contributed by atoms with E-state index in [1.165, 1.54) is 9.80 Å². The van der Waals surface area contributed by atoms with Crippen molar-refractivity contribution in [3.05, 3.63) is 35.4 Å². The lowest BCUT2D eigenvalue weighted by Gasteiger charge is -2.37. The zero-order valence-corrected chi connectivity index (χ0v) is 15.3. The summed E-state index contributed by atoms with van der Waals surface area (Å²) in [6.07, 6.45) is -0.787. The second-order valence-corrected chi connectivity index (χ2v) is 7.81. The molecule has 140 valence electrons. The van der Waals surface area contributed by atoms with E-state index in [0.717, 1.165) is 0 Å². The number of likely N-dealkylation sites (tertiary alicyclic amines) is 1. The van der Waals surface area contributed by atoms with Crippen molar-refractivity contribution >= 4 is 17.9 Å². The van der Waals surface area contributed by atoms with E-state index in [9.17, 15) is 19.5 Å². The highest BCUT2D eigenvalue weighted by atomic mass is 16.6. The molecular weight excluding hydrogens is 336 g/mol. The van der Waals surface area contributed by atoms with Gasteiger partial charge in [0.25, 0.3) is 11.8 Å². The summed E-state index contributed by atoms with van der Waals surface area (Å²) in [5.41, 5.74) is 0.204. The maximum atomic E-state index is 12.5. The van der Waals surface area contributed by atoms with Gasteiger partial charge in [-0.25, -0.2) is 4.79 Å². The molecule has 7 nitrogen and oxygen atoms in total. The molecule has 7 heteroatoms. The van der Waals surface area contributed by atoms with Crippen LogP contribution in [-0.2, 0) is 4.74 Å². The molecule has 0 spiro atoms. The van der Waals surface area contributed by atoms with Crippen molar-refractivity contribution in [1.82, 2.24) is 9.80 Å². The first-order valence-corrected chi connectivity index (χ1v) is 8.78. The number of piperidine rings is 1. The van der Waals surface area contributed by atoms with Gasteiger partial charge in [0.15, 0.2) is 0 Å². The third kappa shape index (κ3) is 3.58. The summed E-state index contributed by atoms with van der Waals surface area (Å²) in [4.78, 5) is 39.7. The lowest BCUT2D eigenvalue weighted by molar-refractivity contribution is -0.0170. The summed E-state index contributed by atoms with van der Waals surface area (Å²) >= 11 is 0. The Balaban J connectivity index is 1.62. The molecule has 3 rings (SSSR count). The van der Waals surface area contributed by atoms with Crippen LogP contribution >= 0.6 is 0 Å². The van der Waals surface area contributed by atoms with E-state index in [-0.39, 0.29) is 30.8 Å². The lowest BCUT2D eigenvalue weighted by Crippen LogP contribution is -2.51. The van der Waals surface area contributed by atoms with Crippen molar-refractivity contribution < 1.29 is 24.2 Å². The topological polar surface area (TPSA) is 87.2 Å². The number of rotatable bonds is 2. The standard InChI is InChI=1S/C19H24N2O5/c1-19(2,3)26-18(25)20-9-8-12(15(22)11-20)10-21-16(23)13-6-4-5-7-14(13)17(21)24/h4-7,12,15,22H,8-11H2,1-3H3/t12-,15-/m1/s1. The Morgan fingerprint density at radius 1 is 1.19 bits per heavy atom. The summed E-state index contributed by atoms with van der Waals surface area (Å²) in [6.45, 7) is 6.06. The molecule has 1 saturated heterocycles. The molecule has 2 aliphatic heterocycles. The van der Waals surface area contributed by atoms with Gasteiger partial charge in [-0.1, -0.05) is 12.1 Å². The number of carbonyl (C=O) groups is 3. The molecule has 3 amide bonds. The number of nitrogens with zero attached hydrogens (tertiary/aromatic N) is 2. The van der Waals surface area contributed by atoms with Crippen LogP contribution in [0.3, 0.4) is 0 Å². The van der Waals surface area contributed by atoms with Gasteiger partial charge in [0.2, 0.25) is 0 Å². The van der Waals surface area contributed by atoms with Gasteiger partial charge in [-0.2, -0.15) is 0 Å². The van der Waals surface area contributed by atoms with Gasteiger partial charge in [0, 0.05) is 19.0 Å². The van der Waals surface area contributed by atoms with E-state index in [1.54, 1.807) is 45.0 Å². The maximum absolute atomic E-state index is 12.5. The van der Waals surface area contributed by atoms with Crippen molar-refractivity contribution in [2.75, 3.05) is 19.6 Å². The van der Waals surface area contributed by atoms with Gasteiger partial charge in [0.05, 0.1) is 23.8 Å². The molecule has 1 fully saturated rings. The minimum absolute atomic E-state index is 0.128. The quantitative estimate of drug-likeness (QED) is 0.814. The summed E-state index contributed by atoms with van der Waals surface area (Å²) in [6, 6.07) is 6.72. The first kappa shape index (κ1) is 18.4. The number of amides is 3. The van der Waals surface area contributed by atoms with Crippen LogP contribution in [-0.4, -0.2) is 64.2 Å². The number of carbonyl (C=O) groups excluding carboxylic acids is 3. The Labute approximate surface area is 152 Å². The van der Waals surface area contributed by atoms with E-state index in [2.05, 4.69) is 0 Å². The number of hydrogen-bond acceptors (Lipinski definition) is 5. The SMILES string of the molecule is CC(C)(C)OC(=O)N1CC[C@H](CN2C(=O)c3ccccc3C2=O)[C@H](O)C1. The first-order chi connectivity index (χ1) is 12.2. The Bertz CT molecular complexity index is 705. The molecule has 26 heavy (non-hydrogen) atoms. The summed E-state index contributed by atoms with van der Waals surface area (Å²) in [7, 11) is 0. The molecule has 1 aromatic carbocycles. The first-order valence-electron chi connectivity index (χ1n) is 8.78. The summed E-state index contributed by atoms with van der Waals surface area (Å²) in [5, 5.41) is 10.4. The number of aliphatic hydroxyl groups excluding tert-OH is 1. The van der Waals surface area contributed by atoms with Gasteiger partial charge in [0.1, 0.15) is 5.60 Å². The van der Waals surface area contributed by atoms with Crippen molar-refractivity contribution in [2.24, 2.45) is 5.92 Å². The maximum Gasteiger partial charge on any atom is 0.410 e.